The third-order valence-corrected chi connectivity index (χ3v) is 6.76. The smallest absolute Gasteiger partial charge is 0.381 e. The first-order valence-corrected chi connectivity index (χ1v) is 11.6. The maximum absolute atomic E-state index is 14.1. The minimum atomic E-state index is -4.86. The van der Waals surface area contributed by atoms with E-state index in [2.05, 4.69) is 10.6 Å². The average Bonchev–Trinajstić information content (AvgIpc) is 3.48. The Bertz CT molecular complexity index is 1420. The monoisotopic (exact) mass is 536 g/mol. The maximum atomic E-state index is 14.1. The largest absolute Gasteiger partial charge is 0.416 e. The number of nitrogens with one attached hydrogen (secondary N) is 2. The second-order valence-corrected chi connectivity index (χ2v) is 9.25. The van der Waals surface area contributed by atoms with Gasteiger partial charge in [0, 0.05) is 45.5 Å². The quantitative estimate of drug-likeness (QED) is 0.389. The number of carbonyl (C=O) groups is 2. The Morgan fingerprint density at radius 1 is 1.05 bits per heavy atom. The molecular weight excluding hydrogens is 519 g/mol. The molecule has 2 atom stereocenters. The molecule has 2 N–H and O–H groups in total. The molecule has 1 fully saturated rings. The fourth-order valence-electron chi connectivity index (χ4n) is 4.64. The summed E-state index contributed by atoms with van der Waals surface area (Å²) in [5, 5.41) is 5.43. The normalized spacial score (nSPS) is 19.0. The summed E-state index contributed by atoms with van der Waals surface area (Å²) >= 11 is 6.29. The van der Waals surface area contributed by atoms with E-state index in [9.17, 15) is 31.5 Å². The van der Waals surface area contributed by atoms with Crippen LogP contribution < -0.4 is 10.6 Å². The van der Waals surface area contributed by atoms with Crippen molar-refractivity contribution in [1.82, 2.24) is 5.32 Å². The molecule has 0 bridgehead atoms. The summed E-state index contributed by atoms with van der Waals surface area (Å²) < 4.78 is 73.0. The van der Waals surface area contributed by atoms with Gasteiger partial charge in [0.15, 0.2) is 0 Å². The Morgan fingerprint density at radius 3 is 2.54 bits per heavy atom. The van der Waals surface area contributed by atoms with Gasteiger partial charge in [0.1, 0.15) is 11.6 Å². The summed E-state index contributed by atoms with van der Waals surface area (Å²) in [4.78, 5) is 26.0. The van der Waals surface area contributed by atoms with Crippen molar-refractivity contribution in [3.63, 3.8) is 0 Å². The number of hydrogen-bond donors (Lipinski definition) is 2. The number of benzene rings is 3. The number of alkyl halides is 3. The standard InChI is InChI=1S/C26H18ClF5N2O3/c27-20-2-1-16(28)10-18(20)23-22-19(25(36)34-23)7-13(12-3-4-37-11-12)8-21(22)33-24(35)14-5-15(26(30,31)32)9-17(29)6-14/h1-2,5-10,12,23H,3-4,11H2,(H,33,35)(H,34,36). The van der Waals surface area contributed by atoms with Crippen molar-refractivity contribution in [2.24, 2.45) is 0 Å². The summed E-state index contributed by atoms with van der Waals surface area (Å²) in [5.74, 6) is -3.44. The predicted molar refractivity (Wildman–Crippen MR) is 125 cm³/mol. The SMILES string of the molecule is O=C(Nc1cc(C2CCOC2)cc2c1C(c1cc(F)ccc1Cl)NC2=O)c1cc(F)cc(C(F)(F)F)c1. The Morgan fingerprint density at radius 2 is 1.84 bits per heavy atom. The molecule has 0 aliphatic carbocycles. The van der Waals surface area contributed by atoms with Crippen LogP contribution in [-0.4, -0.2) is 25.0 Å². The van der Waals surface area contributed by atoms with Crippen molar-refractivity contribution in [3.05, 3.63) is 98.6 Å². The topological polar surface area (TPSA) is 67.4 Å². The third kappa shape index (κ3) is 4.91. The highest BCUT2D eigenvalue weighted by Gasteiger charge is 2.36. The number of halogens is 6. The molecule has 2 heterocycles. The summed E-state index contributed by atoms with van der Waals surface area (Å²) in [6, 6.07) is 7.43. The second kappa shape index (κ2) is 9.42. The van der Waals surface area contributed by atoms with Crippen LogP contribution in [0.1, 0.15) is 61.4 Å². The van der Waals surface area contributed by atoms with E-state index in [1.165, 1.54) is 6.07 Å². The molecule has 37 heavy (non-hydrogen) atoms. The van der Waals surface area contributed by atoms with Crippen LogP contribution in [0, 0.1) is 11.6 Å². The third-order valence-electron chi connectivity index (χ3n) is 6.42. The molecule has 192 valence electrons. The summed E-state index contributed by atoms with van der Waals surface area (Å²) in [5.41, 5.74) is -0.421. The summed E-state index contributed by atoms with van der Waals surface area (Å²) in [6.45, 7) is 0.881. The first-order valence-electron chi connectivity index (χ1n) is 11.2. The molecule has 11 heteroatoms. The van der Waals surface area contributed by atoms with Gasteiger partial charge < -0.3 is 15.4 Å². The van der Waals surface area contributed by atoms with Crippen LogP contribution in [0.2, 0.25) is 5.02 Å². The van der Waals surface area contributed by atoms with E-state index in [1.807, 2.05) is 0 Å². The van der Waals surface area contributed by atoms with E-state index in [0.717, 1.165) is 12.1 Å². The lowest BCUT2D eigenvalue weighted by Gasteiger charge is -2.20. The zero-order chi connectivity index (χ0) is 26.5. The van der Waals surface area contributed by atoms with Gasteiger partial charge in [0.2, 0.25) is 0 Å². The molecule has 5 rings (SSSR count). The molecule has 1 saturated heterocycles. The molecule has 0 saturated carbocycles. The van der Waals surface area contributed by atoms with Crippen LogP contribution >= 0.6 is 11.6 Å². The minimum absolute atomic E-state index is 0.0865. The lowest BCUT2D eigenvalue weighted by atomic mass is 9.90. The number of amides is 2. The Balaban J connectivity index is 1.62. The predicted octanol–water partition coefficient (Wildman–Crippen LogP) is 6.23. The Kier molecular flexibility index (Phi) is 6.41. The van der Waals surface area contributed by atoms with Crippen molar-refractivity contribution < 1.29 is 36.3 Å². The average molecular weight is 537 g/mol. The van der Waals surface area contributed by atoms with Crippen molar-refractivity contribution in [2.45, 2.75) is 24.6 Å². The van der Waals surface area contributed by atoms with Gasteiger partial charge in [0.25, 0.3) is 11.8 Å². The highest BCUT2D eigenvalue weighted by molar-refractivity contribution is 6.31. The first-order chi connectivity index (χ1) is 17.5. The Hall–Kier alpha value is -3.50. The fourth-order valence-corrected chi connectivity index (χ4v) is 4.87. The van der Waals surface area contributed by atoms with Crippen LogP contribution in [-0.2, 0) is 10.9 Å². The number of ether oxygens (including phenoxy) is 1. The number of fused-ring (bicyclic) bond motifs is 1. The number of hydrogen-bond acceptors (Lipinski definition) is 3. The molecular formula is C26H18ClF5N2O3. The maximum Gasteiger partial charge on any atom is 0.416 e. The molecule has 2 unspecified atom stereocenters. The molecule has 5 nitrogen and oxygen atoms in total. The number of anilines is 1. The van der Waals surface area contributed by atoms with Crippen LogP contribution in [0.25, 0.3) is 0 Å². The van der Waals surface area contributed by atoms with Crippen LogP contribution in [0.4, 0.5) is 27.6 Å². The Labute approximate surface area is 212 Å². The molecule has 3 aromatic carbocycles. The lowest BCUT2D eigenvalue weighted by Crippen LogP contribution is -2.21. The van der Waals surface area contributed by atoms with Gasteiger partial charge in [-0.15, -0.1) is 0 Å². The van der Waals surface area contributed by atoms with Gasteiger partial charge >= 0.3 is 6.18 Å². The van der Waals surface area contributed by atoms with Crippen molar-refractivity contribution in [2.75, 3.05) is 18.5 Å². The van der Waals surface area contributed by atoms with E-state index in [-0.39, 0.29) is 33.3 Å². The highest BCUT2D eigenvalue weighted by atomic mass is 35.5. The molecule has 0 radical (unpaired) electrons. The van der Waals surface area contributed by atoms with E-state index in [0.29, 0.717) is 43.4 Å². The molecule has 2 amide bonds. The van der Waals surface area contributed by atoms with Gasteiger partial charge in [-0.25, -0.2) is 8.78 Å². The molecule has 3 aromatic rings. The summed E-state index contributed by atoms with van der Waals surface area (Å²) in [6.07, 6.45) is -4.21. The minimum Gasteiger partial charge on any atom is -0.381 e. The lowest BCUT2D eigenvalue weighted by molar-refractivity contribution is -0.137. The van der Waals surface area contributed by atoms with E-state index < -0.39 is 46.8 Å². The van der Waals surface area contributed by atoms with E-state index in [4.69, 9.17) is 16.3 Å². The molecule has 2 aliphatic heterocycles. The van der Waals surface area contributed by atoms with Gasteiger partial charge in [-0.1, -0.05) is 11.6 Å². The second-order valence-electron chi connectivity index (χ2n) is 8.84. The van der Waals surface area contributed by atoms with Gasteiger partial charge in [-0.3, -0.25) is 9.59 Å². The van der Waals surface area contributed by atoms with Gasteiger partial charge in [-0.05, 0) is 60.5 Å². The number of carbonyl (C=O) groups excluding carboxylic acids is 2. The van der Waals surface area contributed by atoms with Crippen LogP contribution in [0.3, 0.4) is 0 Å². The number of rotatable bonds is 4. The van der Waals surface area contributed by atoms with Crippen LogP contribution in [0.5, 0.6) is 0 Å². The molecule has 0 aromatic heterocycles. The van der Waals surface area contributed by atoms with E-state index in [1.54, 1.807) is 12.1 Å². The highest BCUT2D eigenvalue weighted by Crippen LogP contribution is 2.42. The van der Waals surface area contributed by atoms with Crippen molar-refractivity contribution in [1.29, 1.82) is 0 Å². The van der Waals surface area contributed by atoms with Crippen molar-refractivity contribution in [3.8, 4) is 0 Å². The van der Waals surface area contributed by atoms with Crippen molar-refractivity contribution >= 4 is 29.1 Å². The van der Waals surface area contributed by atoms with Gasteiger partial charge in [0.05, 0.1) is 18.2 Å². The fraction of sp³-hybridized carbons (Fsp3) is 0.231. The zero-order valence-electron chi connectivity index (χ0n) is 18.9. The zero-order valence-corrected chi connectivity index (χ0v) is 19.6. The van der Waals surface area contributed by atoms with Crippen LogP contribution in [0.15, 0.2) is 48.5 Å². The van der Waals surface area contributed by atoms with E-state index >= 15 is 0 Å². The molecule has 0 spiro atoms. The summed E-state index contributed by atoms with van der Waals surface area (Å²) in [7, 11) is 0. The first kappa shape index (κ1) is 25.2. The molecule has 2 aliphatic rings. The van der Waals surface area contributed by atoms with Gasteiger partial charge in [-0.2, -0.15) is 13.2 Å².